The quantitative estimate of drug-likeness (QED) is 0.870. The van der Waals surface area contributed by atoms with Crippen LogP contribution in [0.2, 0.25) is 0 Å². The van der Waals surface area contributed by atoms with E-state index in [2.05, 4.69) is 0 Å². The summed E-state index contributed by atoms with van der Waals surface area (Å²) in [6.45, 7) is 2.24. The van der Waals surface area contributed by atoms with Crippen molar-refractivity contribution in [3.8, 4) is 11.5 Å². The minimum absolute atomic E-state index is 0.114. The average molecular weight is 279 g/mol. The van der Waals surface area contributed by atoms with E-state index in [1.165, 1.54) is 6.42 Å². The highest BCUT2D eigenvalue weighted by Crippen LogP contribution is 2.32. The molecule has 0 spiro atoms. The van der Waals surface area contributed by atoms with Crippen molar-refractivity contribution in [1.29, 1.82) is 0 Å². The van der Waals surface area contributed by atoms with Gasteiger partial charge in [-0.15, -0.1) is 0 Å². The van der Waals surface area contributed by atoms with E-state index in [4.69, 9.17) is 15.2 Å². The Hall–Kier alpha value is -1.26. The molecule has 4 heteroatoms. The zero-order chi connectivity index (χ0) is 14.6. The Balaban J connectivity index is 2.10. The number of hydrogen-bond donors (Lipinski definition) is 2. The third kappa shape index (κ3) is 3.64. The smallest absolute Gasteiger partial charge is 0.127 e. The van der Waals surface area contributed by atoms with Crippen molar-refractivity contribution in [3.05, 3.63) is 23.8 Å². The van der Waals surface area contributed by atoms with Crippen LogP contribution in [-0.2, 0) is 0 Å². The molecule has 1 fully saturated rings. The van der Waals surface area contributed by atoms with Gasteiger partial charge in [0.15, 0.2) is 0 Å². The van der Waals surface area contributed by atoms with Crippen molar-refractivity contribution in [2.45, 2.75) is 50.7 Å². The summed E-state index contributed by atoms with van der Waals surface area (Å²) in [5.41, 5.74) is 6.20. The van der Waals surface area contributed by atoms with Gasteiger partial charge in [-0.25, -0.2) is 0 Å². The highest BCUT2D eigenvalue weighted by atomic mass is 16.5. The predicted molar refractivity (Wildman–Crippen MR) is 79.1 cm³/mol. The van der Waals surface area contributed by atoms with E-state index in [1.807, 2.05) is 25.1 Å². The summed E-state index contributed by atoms with van der Waals surface area (Å²) in [6, 6.07) is 5.52. The van der Waals surface area contributed by atoms with Crippen LogP contribution in [0.3, 0.4) is 0 Å². The molecule has 0 amide bonds. The molecule has 20 heavy (non-hydrogen) atoms. The molecule has 112 valence electrons. The first-order valence-corrected chi connectivity index (χ1v) is 7.33. The van der Waals surface area contributed by atoms with Gasteiger partial charge in [0, 0.05) is 17.7 Å². The zero-order valence-corrected chi connectivity index (χ0v) is 12.4. The highest BCUT2D eigenvalue weighted by molar-refractivity contribution is 5.42. The number of benzene rings is 1. The molecule has 3 N–H and O–H groups in total. The summed E-state index contributed by atoms with van der Waals surface area (Å²) >= 11 is 0. The summed E-state index contributed by atoms with van der Waals surface area (Å²) in [7, 11) is 1.62. The molecule has 0 unspecified atom stereocenters. The van der Waals surface area contributed by atoms with Gasteiger partial charge in [-0.05, 0) is 25.8 Å². The molecule has 0 radical (unpaired) electrons. The second-order valence-electron chi connectivity index (χ2n) is 5.77. The lowest BCUT2D eigenvalue weighted by Crippen LogP contribution is -2.38. The molecule has 0 bridgehead atoms. The van der Waals surface area contributed by atoms with E-state index < -0.39 is 5.60 Å². The predicted octanol–water partition coefficient (Wildman–Crippen LogP) is 2.79. The number of aliphatic hydroxyl groups is 1. The third-order valence-corrected chi connectivity index (χ3v) is 3.99. The van der Waals surface area contributed by atoms with Crippen LogP contribution in [0, 0.1) is 0 Å². The first-order chi connectivity index (χ1) is 9.54. The summed E-state index contributed by atoms with van der Waals surface area (Å²) in [5, 5.41) is 10.5. The maximum absolute atomic E-state index is 10.5. The Bertz CT molecular complexity index is 439. The second kappa shape index (κ2) is 6.46. The summed E-state index contributed by atoms with van der Waals surface area (Å²) < 4.78 is 11.1. The first kappa shape index (κ1) is 15.1. The minimum atomic E-state index is -0.698. The van der Waals surface area contributed by atoms with Crippen molar-refractivity contribution >= 4 is 0 Å². The van der Waals surface area contributed by atoms with E-state index in [0.717, 1.165) is 37.0 Å². The Morgan fingerprint density at radius 2 is 2.00 bits per heavy atom. The van der Waals surface area contributed by atoms with Crippen molar-refractivity contribution in [2.75, 3.05) is 13.7 Å². The lowest BCUT2D eigenvalue weighted by atomic mass is 9.85. The van der Waals surface area contributed by atoms with Crippen molar-refractivity contribution in [3.63, 3.8) is 0 Å². The lowest BCUT2D eigenvalue weighted by Gasteiger charge is -2.32. The van der Waals surface area contributed by atoms with Crippen LogP contribution in [-0.4, -0.2) is 24.4 Å². The van der Waals surface area contributed by atoms with Gasteiger partial charge in [0.05, 0.1) is 12.7 Å². The number of methoxy groups -OCH3 is 1. The molecule has 1 saturated carbocycles. The number of nitrogens with two attached hydrogens (primary N) is 1. The minimum Gasteiger partial charge on any atom is -0.497 e. The maximum Gasteiger partial charge on any atom is 0.127 e. The average Bonchev–Trinajstić information content (AvgIpc) is 2.45. The van der Waals surface area contributed by atoms with Crippen LogP contribution in [0.1, 0.15) is 50.6 Å². The molecule has 1 aromatic carbocycles. The van der Waals surface area contributed by atoms with Crippen LogP contribution < -0.4 is 15.2 Å². The fraction of sp³-hybridized carbons (Fsp3) is 0.625. The van der Waals surface area contributed by atoms with Gasteiger partial charge >= 0.3 is 0 Å². The van der Waals surface area contributed by atoms with Crippen LogP contribution in [0.4, 0.5) is 0 Å². The molecular weight excluding hydrogens is 254 g/mol. The molecule has 0 saturated heterocycles. The van der Waals surface area contributed by atoms with Gasteiger partial charge < -0.3 is 20.3 Å². The van der Waals surface area contributed by atoms with Gasteiger partial charge in [0.25, 0.3) is 0 Å². The molecule has 1 aliphatic rings. The molecule has 0 heterocycles. The Morgan fingerprint density at radius 3 is 2.60 bits per heavy atom. The molecule has 4 nitrogen and oxygen atoms in total. The molecule has 2 rings (SSSR count). The maximum atomic E-state index is 10.5. The van der Waals surface area contributed by atoms with E-state index in [1.54, 1.807) is 7.11 Å². The van der Waals surface area contributed by atoms with Gasteiger partial charge in [-0.3, -0.25) is 0 Å². The van der Waals surface area contributed by atoms with Crippen LogP contribution in [0.15, 0.2) is 18.2 Å². The molecule has 1 aromatic rings. The van der Waals surface area contributed by atoms with E-state index in [0.29, 0.717) is 12.4 Å². The first-order valence-electron chi connectivity index (χ1n) is 7.33. The van der Waals surface area contributed by atoms with Crippen LogP contribution >= 0.6 is 0 Å². The van der Waals surface area contributed by atoms with Gasteiger partial charge in [0.1, 0.15) is 18.1 Å². The number of hydrogen-bond acceptors (Lipinski definition) is 4. The van der Waals surface area contributed by atoms with Crippen LogP contribution in [0.25, 0.3) is 0 Å². The largest absolute Gasteiger partial charge is 0.497 e. The standard InChI is InChI=1S/C16H25NO3/c1-12(17)14-7-6-13(19-2)10-15(14)20-11-16(18)8-4-3-5-9-16/h6-7,10,12,18H,3-5,8-9,11,17H2,1-2H3/t12-/m0/s1. The lowest BCUT2D eigenvalue weighted by molar-refractivity contribution is -0.0342. The number of ether oxygens (including phenoxy) is 2. The summed E-state index contributed by atoms with van der Waals surface area (Å²) in [5.74, 6) is 1.44. The van der Waals surface area contributed by atoms with Crippen molar-refractivity contribution in [1.82, 2.24) is 0 Å². The highest BCUT2D eigenvalue weighted by Gasteiger charge is 2.30. The van der Waals surface area contributed by atoms with Gasteiger partial charge in [0.2, 0.25) is 0 Å². The van der Waals surface area contributed by atoms with Gasteiger partial charge in [-0.2, -0.15) is 0 Å². The monoisotopic (exact) mass is 279 g/mol. The fourth-order valence-corrected chi connectivity index (χ4v) is 2.71. The second-order valence-corrected chi connectivity index (χ2v) is 5.77. The van der Waals surface area contributed by atoms with E-state index >= 15 is 0 Å². The van der Waals surface area contributed by atoms with Crippen LogP contribution in [0.5, 0.6) is 11.5 Å². The molecule has 0 aromatic heterocycles. The van der Waals surface area contributed by atoms with Crippen molar-refractivity contribution in [2.24, 2.45) is 5.73 Å². The molecule has 1 atom stereocenters. The molecule has 0 aliphatic heterocycles. The van der Waals surface area contributed by atoms with E-state index in [-0.39, 0.29) is 6.04 Å². The summed E-state index contributed by atoms with van der Waals surface area (Å²) in [6.07, 6.45) is 4.96. The van der Waals surface area contributed by atoms with E-state index in [9.17, 15) is 5.11 Å². The SMILES string of the molecule is COc1ccc([C@H](C)N)c(OCC2(O)CCCCC2)c1. The molecular formula is C16H25NO3. The number of rotatable bonds is 5. The normalized spacial score (nSPS) is 19.4. The van der Waals surface area contributed by atoms with Gasteiger partial charge in [-0.1, -0.05) is 25.3 Å². The summed E-state index contributed by atoms with van der Waals surface area (Å²) in [4.78, 5) is 0. The Morgan fingerprint density at radius 1 is 1.30 bits per heavy atom. The third-order valence-electron chi connectivity index (χ3n) is 3.99. The zero-order valence-electron chi connectivity index (χ0n) is 12.4. The Kier molecular flexibility index (Phi) is 4.89. The fourth-order valence-electron chi connectivity index (χ4n) is 2.71. The Labute approximate surface area is 120 Å². The topological polar surface area (TPSA) is 64.7 Å². The van der Waals surface area contributed by atoms with Crippen molar-refractivity contribution < 1.29 is 14.6 Å². The molecule has 1 aliphatic carbocycles.